The lowest BCUT2D eigenvalue weighted by Gasteiger charge is -2.18. The first-order valence-electron chi connectivity index (χ1n) is 6.75. The molecule has 1 aliphatic carbocycles. The normalized spacial score (nSPS) is 18.6. The first kappa shape index (κ1) is 16.3. The molecule has 0 saturated heterocycles. The van der Waals surface area contributed by atoms with Crippen LogP contribution in [0.4, 0.5) is 0 Å². The highest BCUT2D eigenvalue weighted by molar-refractivity contribution is 6.21. The van der Waals surface area contributed by atoms with Crippen molar-refractivity contribution in [2.75, 3.05) is 0 Å². The minimum atomic E-state index is -0.995. The Morgan fingerprint density at radius 2 is 1.95 bits per heavy atom. The maximum absolute atomic E-state index is 11.9. The van der Waals surface area contributed by atoms with E-state index in [0.29, 0.717) is 17.6 Å². The lowest BCUT2D eigenvalue weighted by molar-refractivity contribution is -0.115. The molecule has 0 aromatic heterocycles. The van der Waals surface area contributed by atoms with Crippen molar-refractivity contribution in [1.82, 2.24) is 0 Å². The molecule has 0 saturated carbocycles. The van der Waals surface area contributed by atoms with Crippen LogP contribution in [0, 0.1) is 0 Å². The first-order chi connectivity index (χ1) is 9.21. The Balaban J connectivity index is 2.74. The number of carbonyl (C=O) groups is 2. The molecule has 0 aromatic rings. The van der Waals surface area contributed by atoms with E-state index < -0.39 is 5.60 Å². The van der Waals surface area contributed by atoms with E-state index in [0.717, 1.165) is 6.42 Å². The Morgan fingerprint density at radius 3 is 2.55 bits per heavy atom. The highest BCUT2D eigenvalue weighted by Gasteiger charge is 2.19. The zero-order valence-corrected chi connectivity index (χ0v) is 12.6. The van der Waals surface area contributed by atoms with E-state index >= 15 is 0 Å². The molecule has 0 aromatic carbocycles. The molecule has 0 spiro atoms. The Labute approximate surface area is 120 Å². The smallest absolute Gasteiger partial charge is 0.188 e. The highest BCUT2D eigenvalue weighted by Crippen LogP contribution is 2.19. The van der Waals surface area contributed by atoms with Crippen LogP contribution in [-0.4, -0.2) is 22.3 Å². The van der Waals surface area contributed by atoms with Gasteiger partial charge in [-0.3, -0.25) is 9.59 Å². The van der Waals surface area contributed by atoms with Crippen molar-refractivity contribution in [2.45, 2.75) is 46.1 Å². The molecule has 3 nitrogen and oxygen atoms in total. The van der Waals surface area contributed by atoms with Crippen LogP contribution < -0.4 is 0 Å². The monoisotopic (exact) mass is 274 g/mol. The van der Waals surface area contributed by atoms with Crippen molar-refractivity contribution < 1.29 is 14.7 Å². The third-order valence-electron chi connectivity index (χ3n) is 3.10. The SMILES string of the molecule is CC(C)=CCC[C@@](C)(O)/C=C/C1=CC(=O)C=C(C)C1=O. The molecule has 0 radical (unpaired) electrons. The van der Waals surface area contributed by atoms with Gasteiger partial charge in [0.1, 0.15) is 0 Å². The Morgan fingerprint density at radius 1 is 1.30 bits per heavy atom. The summed E-state index contributed by atoms with van der Waals surface area (Å²) in [5.74, 6) is -0.355. The number of allylic oxidation sites excluding steroid dienone is 7. The van der Waals surface area contributed by atoms with Crippen LogP contribution in [0.15, 0.2) is 47.1 Å². The number of carbonyl (C=O) groups excluding carboxylic acids is 2. The van der Waals surface area contributed by atoms with Crippen LogP contribution in [-0.2, 0) is 9.59 Å². The van der Waals surface area contributed by atoms with Gasteiger partial charge in [0.05, 0.1) is 5.60 Å². The van der Waals surface area contributed by atoms with Crippen LogP contribution in [0.2, 0.25) is 0 Å². The topological polar surface area (TPSA) is 54.4 Å². The van der Waals surface area contributed by atoms with E-state index in [1.807, 2.05) is 13.8 Å². The molecule has 3 heteroatoms. The summed E-state index contributed by atoms with van der Waals surface area (Å²) in [5, 5.41) is 10.2. The van der Waals surface area contributed by atoms with Gasteiger partial charge in [-0.25, -0.2) is 0 Å². The summed E-state index contributed by atoms with van der Waals surface area (Å²) in [7, 11) is 0. The number of rotatable bonds is 5. The van der Waals surface area contributed by atoms with E-state index in [1.165, 1.54) is 17.7 Å². The lowest BCUT2D eigenvalue weighted by Crippen LogP contribution is -2.21. The average molecular weight is 274 g/mol. The second-order valence-corrected chi connectivity index (χ2v) is 5.67. The second-order valence-electron chi connectivity index (χ2n) is 5.67. The van der Waals surface area contributed by atoms with Gasteiger partial charge in [0.15, 0.2) is 11.6 Å². The predicted octanol–water partition coefficient (Wildman–Crippen LogP) is 3.06. The molecule has 0 heterocycles. The summed E-state index contributed by atoms with van der Waals surface area (Å²) in [4.78, 5) is 23.3. The van der Waals surface area contributed by atoms with Gasteiger partial charge in [0.25, 0.3) is 0 Å². The van der Waals surface area contributed by atoms with Crippen LogP contribution in [0.25, 0.3) is 0 Å². The molecule has 0 fully saturated rings. The second kappa shape index (κ2) is 6.62. The molecule has 1 aliphatic rings. The fraction of sp³-hybridized carbons (Fsp3) is 0.412. The summed E-state index contributed by atoms with van der Waals surface area (Å²) < 4.78 is 0. The molecular formula is C17H22O3. The highest BCUT2D eigenvalue weighted by atomic mass is 16.3. The van der Waals surface area contributed by atoms with Crippen molar-refractivity contribution in [3.8, 4) is 0 Å². The third kappa shape index (κ3) is 5.10. The van der Waals surface area contributed by atoms with Gasteiger partial charge in [-0.05, 0) is 52.7 Å². The molecule has 0 amide bonds. The zero-order chi connectivity index (χ0) is 15.3. The van der Waals surface area contributed by atoms with Crippen molar-refractivity contribution in [1.29, 1.82) is 0 Å². The van der Waals surface area contributed by atoms with E-state index in [-0.39, 0.29) is 11.6 Å². The van der Waals surface area contributed by atoms with E-state index in [1.54, 1.807) is 26.0 Å². The molecule has 1 atom stereocenters. The fourth-order valence-corrected chi connectivity index (χ4v) is 1.90. The molecule has 0 aliphatic heterocycles. The molecule has 1 N–H and O–H groups in total. The quantitative estimate of drug-likeness (QED) is 0.619. The maximum Gasteiger partial charge on any atom is 0.188 e. The molecule has 0 bridgehead atoms. The first-order valence-corrected chi connectivity index (χ1v) is 6.75. The van der Waals surface area contributed by atoms with Gasteiger partial charge in [0.2, 0.25) is 0 Å². The molecule has 1 rings (SSSR count). The molecule has 0 unspecified atom stereocenters. The number of aliphatic hydroxyl groups is 1. The minimum absolute atomic E-state index is 0.166. The average Bonchev–Trinajstić information content (AvgIpc) is 2.31. The number of ketones is 2. The predicted molar refractivity (Wildman–Crippen MR) is 80.3 cm³/mol. The Kier molecular flexibility index (Phi) is 5.40. The summed E-state index contributed by atoms with van der Waals surface area (Å²) in [6.45, 7) is 7.34. The largest absolute Gasteiger partial charge is 0.386 e. The fourth-order valence-electron chi connectivity index (χ4n) is 1.90. The van der Waals surface area contributed by atoms with Gasteiger partial charge in [-0.2, -0.15) is 0 Å². The van der Waals surface area contributed by atoms with Crippen molar-refractivity contribution >= 4 is 11.6 Å². The number of hydrogen-bond donors (Lipinski definition) is 1. The molecule has 20 heavy (non-hydrogen) atoms. The Hall–Kier alpha value is -1.74. The van der Waals surface area contributed by atoms with Gasteiger partial charge in [-0.1, -0.05) is 23.8 Å². The maximum atomic E-state index is 11.9. The van der Waals surface area contributed by atoms with Crippen LogP contribution in [0.1, 0.15) is 40.5 Å². The van der Waals surface area contributed by atoms with Crippen molar-refractivity contribution in [2.24, 2.45) is 0 Å². The van der Waals surface area contributed by atoms with Gasteiger partial charge >= 0.3 is 0 Å². The lowest BCUT2D eigenvalue weighted by atomic mass is 9.93. The van der Waals surface area contributed by atoms with Gasteiger partial charge < -0.3 is 5.11 Å². The number of Topliss-reactive ketones (excluding diaryl/α,β-unsaturated/α-hetero) is 1. The van der Waals surface area contributed by atoms with Gasteiger partial charge in [0, 0.05) is 11.1 Å². The van der Waals surface area contributed by atoms with Crippen LogP contribution in [0.5, 0.6) is 0 Å². The van der Waals surface area contributed by atoms with Gasteiger partial charge in [-0.15, -0.1) is 0 Å². The van der Waals surface area contributed by atoms with Crippen LogP contribution >= 0.6 is 0 Å². The number of hydrogen-bond acceptors (Lipinski definition) is 3. The Bertz CT molecular complexity index is 524. The zero-order valence-electron chi connectivity index (χ0n) is 12.6. The van der Waals surface area contributed by atoms with E-state index in [2.05, 4.69) is 6.08 Å². The summed E-state index contributed by atoms with van der Waals surface area (Å²) in [6, 6.07) is 0. The van der Waals surface area contributed by atoms with Crippen LogP contribution in [0.3, 0.4) is 0 Å². The summed E-state index contributed by atoms with van der Waals surface area (Å²) >= 11 is 0. The minimum Gasteiger partial charge on any atom is -0.386 e. The third-order valence-corrected chi connectivity index (χ3v) is 3.10. The van der Waals surface area contributed by atoms with Crippen molar-refractivity contribution in [3.05, 3.63) is 47.1 Å². The molecular weight excluding hydrogens is 252 g/mol. The standard InChI is InChI=1S/C17H22O3/c1-12(2)6-5-8-17(4,20)9-7-14-11-15(18)10-13(3)16(14)19/h6-7,9-11,20H,5,8H2,1-4H3/b9-7+/t17-/m1/s1. The summed E-state index contributed by atoms with van der Waals surface area (Å²) in [5.41, 5.74) is 0.977. The molecule has 108 valence electrons. The van der Waals surface area contributed by atoms with E-state index in [4.69, 9.17) is 0 Å². The summed E-state index contributed by atoms with van der Waals surface area (Å²) in [6.07, 6.45) is 9.15. The van der Waals surface area contributed by atoms with E-state index in [9.17, 15) is 14.7 Å². The van der Waals surface area contributed by atoms with Crippen molar-refractivity contribution in [3.63, 3.8) is 0 Å².